The molecule has 4 rings (SSSR count). The highest BCUT2D eigenvalue weighted by Gasteiger charge is 2.40. The minimum Gasteiger partial charge on any atom is -0.366 e. The highest BCUT2D eigenvalue weighted by atomic mass is 32.2. The predicted molar refractivity (Wildman–Crippen MR) is 106 cm³/mol. The summed E-state index contributed by atoms with van der Waals surface area (Å²) in [6.45, 7) is 0. The fraction of sp³-hybridized carbons (Fsp3) is 0.682. The Morgan fingerprint density at radius 1 is 1.04 bits per heavy atom. The van der Waals surface area contributed by atoms with Crippen LogP contribution in [0, 0.1) is 17.3 Å². The topological polar surface area (TPSA) is 43.1 Å². The van der Waals surface area contributed by atoms with Crippen molar-refractivity contribution in [1.82, 2.24) is 0 Å². The van der Waals surface area contributed by atoms with E-state index in [1.165, 1.54) is 69.1 Å². The van der Waals surface area contributed by atoms with E-state index < -0.39 is 0 Å². The fourth-order valence-corrected chi connectivity index (χ4v) is 6.08. The molecule has 3 fully saturated rings. The van der Waals surface area contributed by atoms with E-state index in [0.717, 1.165) is 29.1 Å². The zero-order chi connectivity index (χ0) is 17.3. The van der Waals surface area contributed by atoms with Gasteiger partial charge in [0.05, 0.1) is 0 Å². The lowest BCUT2D eigenvalue weighted by molar-refractivity contribution is 0.0997. The van der Waals surface area contributed by atoms with Crippen LogP contribution in [0.3, 0.4) is 0 Å². The van der Waals surface area contributed by atoms with Crippen molar-refractivity contribution in [2.45, 2.75) is 69.5 Å². The van der Waals surface area contributed by atoms with Gasteiger partial charge in [-0.1, -0.05) is 31.0 Å². The third-order valence-electron chi connectivity index (χ3n) is 6.52. The highest BCUT2D eigenvalue weighted by Crippen LogP contribution is 2.51. The third kappa shape index (κ3) is 4.61. The van der Waals surface area contributed by atoms with Gasteiger partial charge < -0.3 is 5.73 Å². The lowest BCUT2D eigenvalue weighted by Crippen LogP contribution is -2.32. The Kier molecular flexibility index (Phi) is 5.13. The van der Waals surface area contributed by atoms with Gasteiger partial charge in [-0.25, -0.2) is 0 Å². The summed E-state index contributed by atoms with van der Waals surface area (Å²) in [5.41, 5.74) is 7.96. The van der Waals surface area contributed by atoms with Gasteiger partial charge in [0.25, 0.3) is 0 Å². The van der Waals surface area contributed by atoms with Crippen LogP contribution in [0.2, 0.25) is 0 Å². The summed E-state index contributed by atoms with van der Waals surface area (Å²) in [6.07, 6.45) is 13.6. The van der Waals surface area contributed by atoms with E-state index in [9.17, 15) is 4.79 Å². The number of rotatable bonds is 8. The Hall–Kier alpha value is -0.960. The summed E-state index contributed by atoms with van der Waals surface area (Å²) in [5.74, 6) is 3.10. The third-order valence-corrected chi connectivity index (χ3v) is 8.13. The minimum absolute atomic E-state index is 0.272. The fourth-order valence-electron chi connectivity index (χ4n) is 4.63. The summed E-state index contributed by atoms with van der Waals surface area (Å²) in [4.78, 5) is 11.8. The van der Waals surface area contributed by atoms with Crippen molar-refractivity contribution in [2.75, 3.05) is 5.75 Å². The maximum Gasteiger partial charge on any atom is 0.248 e. The number of primary amides is 1. The summed E-state index contributed by atoms with van der Waals surface area (Å²) < 4.78 is 0. The number of carbonyl (C=O) groups is 1. The van der Waals surface area contributed by atoms with E-state index in [1.807, 2.05) is 12.1 Å². The molecule has 0 bridgehead atoms. The lowest BCUT2D eigenvalue weighted by atomic mass is 9.67. The van der Waals surface area contributed by atoms with Gasteiger partial charge in [-0.15, -0.1) is 0 Å². The quantitative estimate of drug-likeness (QED) is 0.695. The maximum absolute atomic E-state index is 11.8. The molecule has 0 atom stereocenters. The standard InChI is InChI=1S/C22H31NOS/c23-21(24)20-4-2-1-3-18(20)14-22(13-16-5-6-16)11-9-19(10-12-22)25-15-17-7-8-17/h1-4,16-17,19H,5-15H2,(H2,23,24). The molecule has 0 unspecified atom stereocenters. The second-order valence-corrected chi connectivity index (χ2v) is 10.2. The number of nitrogens with two attached hydrogens (primary N) is 1. The first kappa shape index (κ1) is 17.5. The van der Waals surface area contributed by atoms with Gasteiger partial charge in [-0.2, -0.15) is 11.8 Å². The Morgan fingerprint density at radius 2 is 1.72 bits per heavy atom. The van der Waals surface area contributed by atoms with Gasteiger partial charge in [-0.3, -0.25) is 4.79 Å². The van der Waals surface area contributed by atoms with E-state index in [2.05, 4.69) is 23.9 Å². The minimum atomic E-state index is -0.272. The molecule has 25 heavy (non-hydrogen) atoms. The molecule has 3 aliphatic carbocycles. The van der Waals surface area contributed by atoms with Crippen LogP contribution in [0.4, 0.5) is 0 Å². The van der Waals surface area contributed by atoms with Gasteiger partial charge in [0.15, 0.2) is 0 Å². The molecule has 0 spiro atoms. The molecule has 136 valence electrons. The predicted octanol–water partition coefficient (Wildman–Crippen LogP) is 5.20. The Balaban J connectivity index is 1.44. The first-order valence-corrected chi connectivity index (χ1v) is 11.2. The van der Waals surface area contributed by atoms with Crippen LogP contribution in [0.1, 0.15) is 73.7 Å². The highest BCUT2D eigenvalue weighted by molar-refractivity contribution is 7.99. The molecule has 0 aliphatic heterocycles. The Bertz CT molecular complexity index is 612. The van der Waals surface area contributed by atoms with Crippen LogP contribution in [-0.2, 0) is 6.42 Å². The lowest BCUT2D eigenvalue weighted by Gasteiger charge is -2.41. The number of amides is 1. The second-order valence-electron chi connectivity index (χ2n) is 8.82. The van der Waals surface area contributed by atoms with Crippen LogP contribution in [0.25, 0.3) is 0 Å². The molecule has 3 aliphatic rings. The SMILES string of the molecule is NC(=O)c1ccccc1CC1(CC2CC2)CCC(SCC2CC2)CC1. The second kappa shape index (κ2) is 7.34. The summed E-state index contributed by atoms with van der Waals surface area (Å²) in [6, 6.07) is 8.02. The average molecular weight is 358 g/mol. The molecular formula is C22H31NOS. The van der Waals surface area contributed by atoms with E-state index in [0.29, 0.717) is 5.41 Å². The molecule has 1 amide bonds. The molecule has 2 N–H and O–H groups in total. The largest absolute Gasteiger partial charge is 0.366 e. The number of benzene rings is 1. The Labute approximate surface area is 156 Å². The van der Waals surface area contributed by atoms with E-state index in [1.54, 1.807) is 0 Å². The monoisotopic (exact) mass is 357 g/mol. The number of hydrogen-bond donors (Lipinski definition) is 1. The smallest absolute Gasteiger partial charge is 0.248 e. The van der Waals surface area contributed by atoms with Crippen molar-refractivity contribution in [3.05, 3.63) is 35.4 Å². The van der Waals surface area contributed by atoms with Gasteiger partial charge in [0, 0.05) is 10.8 Å². The molecule has 0 saturated heterocycles. The van der Waals surface area contributed by atoms with Crippen LogP contribution in [0.5, 0.6) is 0 Å². The molecule has 1 aromatic rings. The maximum atomic E-state index is 11.8. The first-order valence-electron chi connectivity index (χ1n) is 10.1. The first-order chi connectivity index (χ1) is 12.1. The van der Waals surface area contributed by atoms with E-state index in [-0.39, 0.29) is 5.91 Å². The molecule has 3 heteroatoms. The van der Waals surface area contributed by atoms with Gasteiger partial charge >= 0.3 is 0 Å². The van der Waals surface area contributed by atoms with Crippen molar-refractivity contribution >= 4 is 17.7 Å². The molecule has 0 radical (unpaired) electrons. The summed E-state index contributed by atoms with van der Waals surface area (Å²) in [7, 11) is 0. The average Bonchev–Trinajstić information content (AvgIpc) is 3.50. The van der Waals surface area contributed by atoms with Crippen LogP contribution in [0.15, 0.2) is 24.3 Å². The molecule has 3 saturated carbocycles. The Morgan fingerprint density at radius 3 is 2.36 bits per heavy atom. The number of hydrogen-bond acceptors (Lipinski definition) is 2. The number of thioether (sulfide) groups is 1. The summed E-state index contributed by atoms with van der Waals surface area (Å²) in [5, 5.41) is 0.874. The van der Waals surface area contributed by atoms with E-state index in [4.69, 9.17) is 5.73 Å². The molecule has 2 nitrogen and oxygen atoms in total. The zero-order valence-electron chi connectivity index (χ0n) is 15.2. The van der Waals surface area contributed by atoms with Gasteiger partial charge in [0.1, 0.15) is 0 Å². The van der Waals surface area contributed by atoms with Crippen LogP contribution < -0.4 is 5.73 Å². The van der Waals surface area contributed by atoms with Crippen molar-refractivity contribution < 1.29 is 4.79 Å². The van der Waals surface area contributed by atoms with Gasteiger partial charge in [0.2, 0.25) is 5.91 Å². The van der Waals surface area contributed by atoms with Crippen LogP contribution in [-0.4, -0.2) is 16.9 Å². The molecule has 0 heterocycles. The van der Waals surface area contributed by atoms with Crippen LogP contribution >= 0.6 is 11.8 Å². The van der Waals surface area contributed by atoms with Crippen molar-refractivity contribution in [1.29, 1.82) is 0 Å². The normalized spacial score (nSPS) is 29.5. The van der Waals surface area contributed by atoms with Crippen molar-refractivity contribution in [3.63, 3.8) is 0 Å². The number of carbonyl (C=O) groups excluding carboxylic acids is 1. The van der Waals surface area contributed by atoms with E-state index >= 15 is 0 Å². The molecule has 0 aromatic heterocycles. The van der Waals surface area contributed by atoms with Crippen molar-refractivity contribution in [3.8, 4) is 0 Å². The molecular weight excluding hydrogens is 326 g/mol. The summed E-state index contributed by atoms with van der Waals surface area (Å²) >= 11 is 2.24. The molecule has 1 aromatic carbocycles. The van der Waals surface area contributed by atoms with Crippen molar-refractivity contribution in [2.24, 2.45) is 23.0 Å². The van der Waals surface area contributed by atoms with Gasteiger partial charge in [-0.05, 0) is 86.0 Å². The zero-order valence-corrected chi connectivity index (χ0v) is 16.0.